The van der Waals surface area contributed by atoms with Crippen molar-refractivity contribution in [1.82, 2.24) is 19.9 Å². The van der Waals surface area contributed by atoms with Gasteiger partial charge in [0.2, 0.25) is 5.88 Å². The molecule has 0 atom stereocenters. The third-order valence-electron chi connectivity index (χ3n) is 6.15. The number of aromatic nitrogens is 3. The van der Waals surface area contributed by atoms with Crippen LogP contribution in [-0.4, -0.2) is 50.8 Å². The molecule has 0 aliphatic carbocycles. The highest BCUT2D eigenvalue weighted by Gasteiger charge is 2.25. The first-order chi connectivity index (χ1) is 17.2. The number of anilines is 2. The van der Waals surface area contributed by atoms with Crippen LogP contribution < -0.4 is 15.2 Å². The van der Waals surface area contributed by atoms with Gasteiger partial charge in [-0.2, -0.15) is 4.98 Å². The van der Waals surface area contributed by atoms with Crippen LogP contribution in [0, 0.1) is 12.3 Å². The number of rotatable bonds is 8. The standard InChI is InChI=1S/C26H32ClN7OS/c1-15(2)34-11-8-19(9-12-34)35-26-23(17(4)28)24(29)31-25(32-26)18-5-6-21(20(27)14-18)33-36-22-13-16(3)7-10-30-22/h5-7,10,13-15,19,28,33H,8-9,11-12H2,1-4H3,(H2,29,31,32). The lowest BCUT2D eigenvalue weighted by Crippen LogP contribution is -2.42. The Hall–Kier alpha value is -2.88. The molecule has 0 spiro atoms. The van der Waals surface area contributed by atoms with Crippen molar-refractivity contribution in [1.29, 1.82) is 5.41 Å². The highest BCUT2D eigenvalue weighted by Crippen LogP contribution is 2.33. The average molecular weight is 526 g/mol. The molecule has 1 aliphatic heterocycles. The summed E-state index contributed by atoms with van der Waals surface area (Å²) >= 11 is 7.97. The highest BCUT2D eigenvalue weighted by molar-refractivity contribution is 8.00. The van der Waals surface area contributed by atoms with Gasteiger partial charge in [0.25, 0.3) is 0 Å². The number of hydrogen-bond donors (Lipinski definition) is 3. The molecule has 3 heterocycles. The predicted molar refractivity (Wildman–Crippen MR) is 148 cm³/mol. The van der Waals surface area contributed by atoms with Crippen LogP contribution in [-0.2, 0) is 0 Å². The number of nitrogens with zero attached hydrogens (tertiary/aromatic N) is 4. The minimum Gasteiger partial charge on any atom is -0.474 e. The molecule has 10 heteroatoms. The number of nitrogens with two attached hydrogens (primary N) is 1. The van der Waals surface area contributed by atoms with Crippen molar-refractivity contribution in [2.45, 2.75) is 57.7 Å². The Balaban J connectivity index is 1.54. The molecule has 190 valence electrons. The minimum absolute atomic E-state index is 0.0164. The molecule has 3 aromatic rings. The zero-order valence-electron chi connectivity index (χ0n) is 21.0. The fourth-order valence-electron chi connectivity index (χ4n) is 4.10. The monoisotopic (exact) mass is 525 g/mol. The van der Waals surface area contributed by atoms with Gasteiger partial charge in [-0.15, -0.1) is 0 Å². The molecule has 4 N–H and O–H groups in total. The SMILES string of the molecule is CC(=N)c1c(N)nc(-c2ccc(NSc3cc(C)ccn3)c(Cl)c2)nc1OC1CCN(C(C)C)CC1. The fourth-order valence-corrected chi connectivity index (χ4v) is 5.13. The van der Waals surface area contributed by atoms with E-state index in [1.807, 2.05) is 31.2 Å². The number of pyridine rings is 1. The molecule has 1 fully saturated rings. The number of likely N-dealkylation sites (tertiary alicyclic amines) is 1. The lowest BCUT2D eigenvalue weighted by molar-refractivity contribution is 0.0812. The van der Waals surface area contributed by atoms with Gasteiger partial charge in [-0.1, -0.05) is 11.6 Å². The minimum atomic E-state index is 0.0164. The van der Waals surface area contributed by atoms with Gasteiger partial charge < -0.3 is 25.5 Å². The number of benzene rings is 1. The topological polar surface area (TPSA) is 113 Å². The van der Waals surface area contributed by atoms with Crippen LogP contribution in [0.5, 0.6) is 5.88 Å². The summed E-state index contributed by atoms with van der Waals surface area (Å²) in [5.74, 6) is 0.988. The molecule has 0 amide bonds. The molecule has 1 saturated heterocycles. The first-order valence-corrected chi connectivity index (χ1v) is 13.2. The molecule has 0 radical (unpaired) electrons. The van der Waals surface area contributed by atoms with E-state index < -0.39 is 0 Å². The van der Waals surface area contributed by atoms with Crippen molar-refractivity contribution in [3.05, 3.63) is 52.7 Å². The summed E-state index contributed by atoms with van der Waals surface area (Å²) in [6, 6.07) is 10.0. The quantitative estimate of drug-likeness (QED) is 0.248. The summed E-state index contributed by atoms with van der Waals surface area (Å²) in [6.07, 6.45) is 3.59. The van der Waals surface area contributed by atoms with Gasteiger partial charge in [0.1, 0.15) is 16.9 Å². The number of aryl methyl sites for hydroxylation is 1. The normalized spacial score (nSPS) is 14.7. The van der Waals surface area contributed by atoms with Crippen LogP contribution in [0.1, 0.15) is 44.7 Å². The van der Waals surface area contributed by atoms with Crippen molar-refractivity contribution in [3.63, 3.8) is 0 Å². The summed E-state index contributed by atoms with van der Waals surface area (Å²) in [6.45, 7) is 10.0. The van der Waals surface area contributed by atoms with E-state index in [2.05, 4.69) is 38.4 Å². The molecule has 8 nitrogen and oxygen atoms in total. The Morgan fingerprint density at radius 1 is 1.22 bits per heavy atom. The smallest absolute Gasteiger partial charge is 0.228 e. The van der Waals surface area contributed by atoms with Gasteiger partial charge >= 0.3 is 0 Å². The Morgan fingerprint density at radius 2 is 1.97 bits per heavy atom. The van der Waals surface area contributed by atoms with Gasteiger partial charge in [0, 0.05) is 48.6 Å². The van der Waals surface area contributed by atoms with E-state index in [9.17, 15) is 0 Å². The molecule has 0 saturated carbocycles. The van der Waals surface area contributed by atoms with Crippen LogP contribution in [0.2, 0.25) is 5.02 Å². The molecule has 1 aromatic carbocycles. The zero-order valence-corrected chi connectivity index (χ0v) is 22.6. The Morgan fingerprint density at radius 3 is 2.61 bits per heavy atom. The summed E-state index contributed by atoms with van der Waals surface area (Å²) in [5.41, 5.74) is 9.60. The summed E-state index contributed by atoms with van der Waals surface area (Å²) in [7, 11) is 0. The number of ether oxygens (including phenoxy) is 1. The van der Waals surface area contributed by atoms with Crippen LogP contribution in [0.3, 0.4) is 0 Å². The molecule has 2 aromatic heterocycles. The Bertz CT molecular complexity index is 1240. The average Bonchev–Trinajstić information content (AvgIpc) is 2.83. The maximum absolute atomic E-state index is 8.21. The van der Waals surface area contributed by atoms with Crippen molar-refractivity contribution in [2.24, 2.45) is 0 Å². The summed E-state index contributed by atoms with van der Waals surface area (Å²) < 4.78 is 9.56. The van der Waals surface area contributed by atoms with Gasteiger partial charge in [-0.05, 0) is 76.4 Å². The number of hydrogen-bond acceptors (Lipinski definition) is 9. The Labute approximate surface area is 221 Å². The van der Waals surface area contributed by atoms with Crippen molar-refractivity contribution < 1.29 is 4.74 Å². The van der Waals surface area contributed by atoms with Gasteiger partial charge in [-0.3, -0.25) is 0 Å². The van der Waals surface area contributed by atoms with E-state index >= 15 is 0 Å². The highest BCUT2D eigenvalue weighted by atomic mass is 35.5. The van der Waals surface area contributed by atoms with Crippen LogP contribution >= 0.6 is 23.5 Å². The van der Waals surface area contributed by atoms with Crippen molar-refractivity contribution >= 4 is 40.8 Å². The lowest BCUT2D eigenvalue weighted by Gasteiger charge is -2.34. The largest absolute Gasteiger partial charge is 0.474 e. The molecule has 1 aliphatic rings. The van der Waals surface area contributed by atoms with Gasteiger partial charge in [0.05, 0.1) is 16.3 Å². The lowest BCUT2D eigenvalue weighted by atomic mass is 10.1. The second kappa shape index (κ2) is 11.5. The van der Waals surface area contributed by atoms with E-state index in [0.717, 1.165) is 42.2 Å². The van der Waals surface area contributed by atoms with E-state index in [4.69, 9.17) is 27.5 Å². The zero-order chi connectivity index (χ0) is 25.8. The first kappa shape index (κ1) is 26.2. The fraction of sp³-hybridized carbons (Fsp3) is 0.385. The summed E-state index contributed by atoms with van der Waals surface area (Å²) in [4.78, 5) is 15.9. The van der Waals surface area contributed by atoms with Crippen LogP contribution in [0.15, 0.2) is 41.6 Å². The molecular formula is C26H32ClN7OS. The van der Waals surface area contributed by atoms with E-state index in [1.165, 1.54) is 11.9 Å². The number of nitrogen functional groups attached to an aromatic ring is 1. The maximum atomic E-state index is 8.21. The van der Waals surface area contributed by atoms with Crippen molar-refractivity contribution in [2.75, 3.05) is 23.5 Å². The second-order valence-electron chi connectivity index (χ2n) is 9.25. The third kappa shape index (κ3) is 6.27. The number of nitrogens with one attached hydrogen (secondary N) is 2. The first-order valence-electron chi connectivity index (χ1n) is 12.0. The number of piperidine rings is 1. The van der Waals surface area contributed by atoms with Crippen LogP contribution in [0.25, 0.3) is 11.4 Å². The molecule has 0 unspecified atom stereocenters. The van der Waals surface area contributed by atoms with Crippen LogP contribution in [0.4, 0.5) is 11.5 Å². The van der Waals surface area contributed by atoms with Gasteiger partial charge in [0.15, 0.2) is 5.82 Å². The molecule has 36 heavy (non-hydrogen) atoms. The third-order valence-corrected chi connectivity index (χ3v) is 7.21. The molecular weight excluding hydrogens is 494 g/mol. The second-order valence-corrected chi connectivity index (χ2v) is 10.5. The summed E-state index contributed by atoms with van der Waals surface area (Å²) in [5, 5.41) is 9.58. The predicted octanol–water partition coefficient (Wildman–Crippen LogP) is 5.84. The number of halogens is 1. The van der Waals surface area contributed by atoms with E-state index in [0.29, 0.717) is 33.9 Å². The Kier molecular flexibility index (Phi) is 8.33. The van der Waals surface area contributed by atoms with E-state index in [1.54, 1.807) is 19.2 Å². The molecule has 0 bridgehead atoms. The molecule has 4 rings (SSSR count). The van der Waals surface area contributed by atoms with E-state index in [-0.39, 0.29) is 17.6 Å². The van der Waals surface area contributed by atoms with Crippen molar-refractivity contribution in [3.8, 4) is 17.3 Å². The van der Waals surface area contributed by atoms with Gasteiger partial charge in [-0.25, -0.2) is 9.97 Å². The maximum Gasteiger partial charge on any atom is 0.228 e.